The Morgan fingerprint density at radius 1 is 1.31 bits per heavy atom. The fourth-order valence-electron chi connectivity index (χ4n) is 0.543. The Bertz CT molecular complexity index is 207. The molecule has 0 aliphatic rings. The summed E-state index contributed by atoms with van der Waals surface area (Å²) in [6.07, 6.45) is -0.760. The Labute approximate surface area is 77.1 Å². The van der Waals surface area contributed by atoms with Gasteiger partial charge in [-0.1, -0.05) is 0 Å². The van der Waals surface area contributed by atoms with E-state index in [1.807, 2.05) is 0 Å². The number of hydrogen-bond donors (Lipinski definition) is 1. The molecule has 0 rings (SSSR count). The first-order chi connectivity index (χ1) is 5.72. The zero-order chi connectivity index (χ0) is 10.6. The van der Waals surface area contributed by atoms with Crippen LogP contribution in [0.25, 0.3) is 0 Å². The molecule has 5 nitrogen and oxygen atoms in total. The van der Waals surface area contributed by atoms with Crippen molar-refractivity contribution in [3.63, 3.8) is 0 Å². The van der Waals surface area contributed by atoms with Crippen LogP contribution in [0.1, 0.15) is 27.7 Å². The summed E-state index contributed by atoms with van der Waals surface area (Å²) in [7, 11) is 0. The molecule has 0 heterocycles. The molecule has 0 spiro atoms. The lowest BCUT2D eigenvalue weighted by atomic mass is 10.2. The molecule has 0 aromatic heterocycles. The average molecular weight is 188 g/mol. The summed E-state index contributed by atoms with van der Waals surface area (Å²) < 4.78 is 4.82. The van der Waals surface area contributed by atoms with Gasteiger partial charge in [-0.25, -0.2) is 14.7 Å². The van der Waals surface area contributed by atoms with E-state index in [0.717, 1.165) is 0 Å². The standard InChI is InChI=1S/C8H14NO4/c1-5(6(10)11)9-7(12)13-8(2,3)4/h5H,1-4H3,(H,9,12)/t5-/m0/s1. The molecule has 1 radical (unpaired) electrons. The summed E-state index contributed by atoms with van der Waals surface area (Å²) in [5.74, 6) is -1.34. The van der Waals surface area contributed by atoms with Gasteiger partial charge in [-0.05, 0) is 27.7 Å². The van der Waals surface area contributed by atoms with Gasteiger partial charge in [-0.15, -0.1) is 0 Å². The van der Waals surface area contributed by atoms with Gasteiger partial charge in [-0.2, -0.15) is 0 Å². The van der Waals surface area contributed by atoms with Crippen LogP contribution in [-0.4, -0.2) is 23.7 Å². The van der Waals surface area contributed by atoms with E-state index in [9.17, 15) is 14.7 Å². The van der Waals surface area contributed by atoms with E-state index in [0.29, 0.717) is 0 Å². The number of ether oxygens (including phenoxy) is 1. The Morgan fingerprint density at radius 2 is 1.77 bits per heavy atom. The molecule has 0 saturated carbocycles. The lowest BCUT2D eigenvalue weighted by molar-refractivity contribution is -0.145. The Kier molecular flexibility index (Phi) is 3.71. The smallest absolute Gasteiger partial charge is 0.408 e. The van der Waals surface area contributed by atoms with Gasteiger partial charge >= 0.3 is 12.1 Å². The van der Waals surface area contributed by atoms with Gasteiger partial charge in [0.15, 0.2) is 0 Å². The lowest BCUT2D eigenvalue weighted by Gasteiger charge is -2.20. The highest BCUT2D eigenvalue weighted by Crippen LogP contribution is 2.06. The van der Waals surface area contributed by atoms with Crippen molar-refractivity contribution in [1.29, 1.82) is 0 Å². The highest BCUT2D eigenvalue weighted by Gasteiger charge is 2.20. The number of nitrogens with one attached hydrogen (secondary N) is 1. The van der Waals surface area contributed by atoms with Crippen molar-refractivity contribution in [2.45, 2.75) is 39.3 Å². The van der Waals surface area contributed by atoms with E-state index < -0.39 is 23.7 Å². The summed E-state index contributed by atoms with van der Waals surface area (Å²) in [6.45, 7) is 6.38. The van der Waals surface area contributed by atoms with E-state index in [1.165, 1.54) is 6.92 Å². The van der Waals surface area contributed by atoms with Crippen LogP contribution in [0.15, 0.2) is 0 Å². The molecular weight excluding hydrogens is 174 g/mol. The topological polar surface area (TPSA) is 75.3 Å². The lowest BCUT2D eigenvalue weighted by Crippen LogP contribution is -2.41. The maximum absolute atomic E-state index is 10.9. The minimum atomic E-state index is -1.34. The number of alkyl carbamates (subject to hydrolysis) is 1. The number of amides is 1. The molecular formula is C8H14NO4. The van der Waals surface area contributed by atoms with Crippen LogP contribution in [0.5, 0.6) is 0 Å². The van der Waals surface area contributed by atoms with Crippen LogP contribution in [0.3, 0.4) is 0 Å². The molecule has 0 saturated heterocycles. The van der Waals surface area contributed by atoms with E-state index in [4.69, 9.17) is 4.74 Å². The van der Waals surface area contributed by atoms with Gasteiger partial charge in [0, 0.05) is 0 Å². The van der Waals surface area contributed by atoms with Crippen LogP contribution in [0.4, 0.5) is 4.79 Å². The van der Waals surface area contributed by atoms with Crippen molar-refractivity contribution < 1.29 is 19.4 Å². The monoisotopic (exact) mass is 188 g/mol. The molecule has 0 fully saturated rings. The molecule has 0 aromatic carbocycles. The third-order valence-corrected chi connectivity index (χ3v) is 1.09. The largest absolute Gasteiger partial charge is 0.444 e. The minimum absolute atomic E-state index is 0.629. The van der Waals surface area contributed by atoms with Crippen LogP contribution >= 0.6 is 0 Å². The summed E-state index contributed by atoms with van der Waals surface area (Å²) >= 11 is 0. The highest BCUT2D eigenvalue weighted by atomic mass is 16.6. The molecule has 0 aromatic rings. The Hall–Kier alpha value is -1.26. The van der Waals surface area contributed by atoms with E-state index in [1.54, 1.807) is 20.8 Å². The number of hydrogen-bond acceptors (Lipinski definition) is 3. The zero-order valence-corrected chi connectivity index (χ0v) is 8.21. The molecule has 0 aliphatic heterocycles. The van der Waals surface area contributed by atoms with Crippen molar-refractivity contribution in [3.05, 3.63) is 0 Å². The molecule has 1 N–H and O–H groups in total. The molecule has 1 atom stereocenters. The van der Waals surface area contributed by atoms with Gasteiger partial charge in [-0.3, -0.25) is 0 Å². The van der Waals surface area contributed by atoms with Gasteiger partial charge in [0.05, 0.1) is 0 Å². The SMILES string of the molecule is C[C@H](NC(=O)OC(C)(C)C)C([O])=O. The van der Waals surface area contributed by atoms with Gasteiger partial charge < -0.3 is 10.1 Å². The first-order valence-corrected chi connectivity index (χ1v) is 3.93. The van der Waals surface area contributed by atoms with Gasteiger partial charge in [0.1, 0.15) is 11.6 Å². The first-order valence-electron chi connectivity index (χ1n) is 3.93. The zero-order valence-electron chi connectivity index (χ0n) is 8.21. The second-order valence-corrected chi connectivity index (χ2v) is 3.69. The van der Waals surface area contributed by atoms with Crippen molar-refractivity contribution in [2.24, 2.45) is 0 Å². The maximum Gasteiger partial charge on any atom is 0.408 e. The van der Waals surface area contributed by atoms with Crippen LogP contribution in [0, 0.1) is 0 Å². The minimum Gasteiger partial charge on any atom is -0.444 e. The molecule has 13 heavy (non-hydrogen) atoms. The number of rotatable bonds is 2. The van der Waals surface area contributed by atoms with Crippen LogP contribution in [0.2, 0.25) is 0 Å². The second kappa shape index (κ2) is 4.11. The number of carbonyl (C=O) groups excluding carboxylic acids is 2. The third kappa shape index (κ3) is 5.95. The van der Waals surface area contributed by atoms with Crippen LogP contribution in [-0.2, 0) is 14.6 Å². The summed E-state index contributed by atoms with van der Waals surface area (Å²) in [5, 5.41) is 12.3. The summed E-state index contributed by atoms with van der Waals surface area (Å²) in [4.78, 5) is 21.2. The van der Waals surface area contributed by atoms with Crippen molar-refractivity contribution in [2.75, 3.05) is 0 Å². The predicted molar refractivity (Wildman–Crippen MR) is 44.5 cm³/mol. The predicted octanol–water partition coefficient (Wildman–Crippen LogP) is 0.857. The normalized spacial score (nSPS) is 13.2. The third-order valence-electron chi connectivity index (χ3n) is 1.09. The summed E-state index contributed by atoms with van der Waals surface area (Å²) in [5.41, 5.74) is -0.629. The van der Waals surface area contributed by atoms with E-state index in [2.05, 4.69) is 5.32 Å². The van der Waals surface area contributed by atoms with Gasteiger partial charge in [0.2, 0.25) is 0 Å². The molecule has 0 aliphatic carbocycles. The first kappa shape index (κ1) is 11.7. The van der Waals surface area contributed by atoms with E-state index >= 15 is 0 Å². The molecule has 1 amide bonds. The second-order valence-electron chi connectivity index (χ2n) is 3.69. The van der Waals surface area contributed by atoms with Crippen molar-refractivity contribution in [3.8, 4) is 0 Å². The molecule has 0 bridgehead atoms. The fourth-order valence-corrected chi connectivity index (χ4v) is 0.543. The summed E-state index contributed by atoms with van der Waals surface area (Å²) in [6, 6.07) is -1.05. The fraction of sp³-hybridized carbons (Fsp3) is 0.750. The molecule has 0 unspecified atom stereocenters. The molecule has 75 valence electrons. The Balaban J connectivity index is 3.96. The maximum atomic E-state index is 10.9. The average Bonchev–Trinajstić information content (AvgIpc) is 1.81. The highest BCUT2D eigenvalue weighted by molar-refractivity contribution is 5.79. The van der Waals surface area contributed by atoms with Crippen molar-refractivity contribution in [1.82, 2.24) is 5.32 Å². The Morgan fingerprint density at radius 3 is 2.08 bits per heavy atom. The van der Waals surface area contributed by atoms with Crippen LogP contribution < -0.4 is 5.32 Å². The van der Waals surface area contributed by atoms with Gasteiger partial charge in [0.25, 0.3) is 0 Å². The molecule has 5 heteroatoms. The van der Waals surface area contributed by atoms with E-state index in [-0.39, 0.29) is 0 Å². The van der Waals surface area contributed by atoms with Crippen molar-refractivity contribution >= 4 is 12.1 Å². The number of carbonyl (C=O) groups is 2. The quantitative estimate of drug-likeness (QED) is 0.698.